The summed E-state index contributed by atoms with van der Waals surface area (Å²) in [7, 11) is 0. The molecule has 242 valence electrons. The van der Waals surface area contributed by atoms with Crippen LogP contribution in [0.4, 0.5) is 21.0 Å². The summed E-state index contributed by atoms with van der Waals surface area (Å²) in [5.41, 5.74) is 1.96. The van der Waals surface area contributed by atoms with Gasteiger partial charge < -0.3 is 26.0 Å². The Morgan fingerprint density at radius 3 is 2.16 bits per heavy atom. The number of hydrogen-bond donors (Lipinski definition) is 4. The number of carboxylic acids is 1. The number of urea groups is 2. The second-order valence-corrected chi connectivity index (χ2v) is 13.0. The summed E-state index contributed by atoms with van der Waals surface area (Å²) >= 11 is 0. The van der Waals surface area contributed by atoms with E-state index in [1.807, 2.05) is 57.2 Å². The minimum Gasteiger partial charge on any atom is -0.481 e. The highest BCUT2D eigenvalue weighted by molar-refractivity contribution is 6.10. The molecule has 0 unspecified atom stereocenters. The first-order chi connectivity index (χ1) is 21.3. The number of para-hydroxylation sites is 1. The van der Waals surface area contributed by atoms with Crippen LogP contribution in [-0.2, 0) is 20.9 Å². The number of aliphatic carboxylic acids is 1. The zero-order valence-corrected chi connectivity index (χ0v) is 26.8. The van der Waals surface area contributed by atoms with E-state index in [-0.39, 0.29) is 30.8 Å². The number of anilines is 2. The predicted octanol–water partition coefficient (Wildman–Crippen LogP) is 5.75. The van der Waals surface area contributed by atoms with Gasteiger partial charge in [0.1, 0.15) is 11.6 Å². The van der Waals surface area contributed by atoms with Crippen LogP contribution in [0.25, 0.3) is 0 Å². The number of carboxylic acid groups (broad SMARTS) is 1. The van der Waals surface area contributed by atoms with Crippen molar-refractivity contribution in [3.63, 3.8) is 0 Å². The molecule has 45 heavy (non-hydrogen) atoms. The molecule has 1 aliphatic carbocycles. The van der Waals surface area contributed by atoms with E-state index >= 15 is 0 Å². The van der Waals surface area contributed by atoms with E-state index in [2.05, 4.69) is 16.0 Å². The lowest BCUT2D eigenvalue weighted by atomic mass is 9.93. The number of imide groups is 1. The van der Waals surface area contributed by atoms with Gasteiger partial charge in [0.2, 0.25) is 5.91 Å². The van der Waals surface area contributed by atoms with Gasteiger partial charge >= 0.3 is 18.0 Å². The van der Waals surface area contributed by atoms with Crippen LogP contribution in [0.15, 0.2) is 48.5 Å². The smallest absolute Gasteiger partial charge is 0.328 e. The molecule has 4 N–H and O–H groups in total. The van der Waals surface area contributed by atoms with Gasteiger partial charge in [-0.3, -0.25) is 14.4 Å². The monoisotopic (exact) mass is 619 g/mol. The van der Waals surface area contributed by atoms with Gasteiger partial charge in [0.15, 0.2) is 0 Å². The Bertz CT molecular complexity index is 1420. The van der Waals surface area contributed by atoms with Gasteiger partial charge in [0, 0.05) is 24.0 Å². The van der Waals surface area contributed by atoms with Crippen molar-refractivity contribution in [2.75, 3.05) is 10.6 Å². The molecule has 0 aromatic heterocycles. The fraction of sp³-hybridized carbons (Fsp3) is 0.500. The van der Waals surface area contributed by atoms with Crippen LogP contribution < -0.4 is 16.0 Å². The molecule has 2 aromatic rings. The number of nitrogens with one attached hydrogen (secondary N) is 3. The lowest BCUT2D eigenvalue weighted by Gasteiger charge is -2.31. The maximum atomic E-state index is 14.1. The van der Waals surface area contributed by atoms with E-state index in [1.54, 1.807) is 30.9 Å². The Hall–Kier alpha value is -4.41. The third-order valence-corrected chi connectivity index (χ3v) is 8.65. The highest BCUT2D eigenvalue weighted by atomic mass is 16.4. The molecule has 0 radical (unpaired) electrons. The third kappa shape index (κ3) is 7.64. The van der Waals surface area contributed by atoms with E-state index in [4.69, 9.17) is 0 Å². The summed E-state index contributed by atoms with van der Waals surface area (Å²) in [5.74, 6) is -2.17. The minimum atomic E-state index is -1.07. The molecule has 2 atom stereocenters. The molecule has 11 heteroatoms. The van der Waals surface area contributed by atoms with E-state index in [1.165, 1.54) is 0 Å². The quantitative estimate of drug-likeness (QED) is 0.223. The average molecular weight is 620 g/mol. The molecule has 6 amide bonds. The fourth-order valence-corrected chi connectivity index (χ4v) is 6.50. The molecule has 2 fully saturated rings. The molecule has 2 aliphatic rings. The lowest BCUT2D eigenvalue weighted by molar-refractivity contribution is -0.142. The number of aryl methyl sites for hydroxylation is 1. The highest BCUT2D eigenvalue weighted by Gasteiger charge is 2.60. The van der Waals surface area contributed by atoms with Crippen LogP contribution in [0.1, 0.15) is 77.3 Å². The van der Waals surface area contributed by atoms with Crippen molar-refractivity contribution in [2.45, 2.75) is 97.3 Å². The number of hydrogen-bond acceptors (Lipinski definition) is 5. The van der Waals surface area contributed by atoms with Gasteiger partial charge in [-0.15, -0.1) is 0 Å². The summed E-state index contributed by atoms with van der Waals surface area (Å²) in [6.45, 7) is 9.52. The molecule has 2 aromatic carbocycles. The second-order valence-electron chi connectivity index (χ2n) is 13.0. The summed E-state index contributed by atoms with van der Waals surface area (Å²) in [4.78, 5) is 68.6. The molecule has 11 nitrogen and oxygen atoms in total. The standard InChI is InChI=1S/C34H45N5O6/c1-21(2)18-26(19-28(40)41)35-30(42)29(22(3)4)39-31(43)34(16-8-9-17-34)38(33(39)45)20-24-12-14-25(15-13-24)36-32(44)37-27-11-7-6-10-23(27)5/h6-7,10-15,21-22,26,29H,8-9,16-20H2,1-5H3,(H,35,42)(H,40,41)(H2,36,37,44)/t26-,29+/m1/s1. The van der Waals surface area contributed by atoms with Gasteiger partial charge in [-0.25, -0.2) is 14.5 Å². The van der Waals surface area contributed by atoms with Crippen LogP contribution in [0, 0.1) is 18.8 Å². The first-order valence-corrected chi connectivity index (χ1v) is 15.7. The van der Waals surface area contributed by atoms with Crippen LogP contribution in [0.5, 0.6) is 0 Å². The largest absolute Gasteiger partial charge is 0.481 e. The molecular formula is C34H45N5O6. The Labute approximate surface area is 264 Å². The summed E-state index contributed by atoms with van der Waals surface area (Å²) < 4.78 is 0. The van der Waals surface area contributed by atoms with Crippen LogP contribution in [0.3, 0.4) is 0 Å². The van der Waals surface area contributed by atoms with Crippen molar-refractivity contribution in [2.24, 2.45) is 11.8 Å². The Kier molecular flexibility index (Phi) is 10.5. The van der Waals surface area contributed by atoms with E-state index in [0.29, 0.717) is 30.6 Å². The van der Waals surface area contributed by atoms with E-state index in [0.717, 1.165) is 28.9 Å². The lowest BCUT2D eigenvalue weighted by Crippen LogP contribution is -2.55. The second kappa shape index (κ2) is 14.1. The predicted molar refractivity (Wildman–Crippen MR) is 172 cm³/mol. The maximum absolute atomic E-state index is 14.1. The number of nitrogens with zero attached hydrogens (tertiary/aromatic N) is 2. The molecule has 1 spiro atoms. The molecule has 0 bridgehead atoms. The van der Waals surface area contributed by atoms with Gasteiger partial charge in [0.05, 0.1) is 6.42 Å². The van der Waals surface area contributed by atoms with Gasteiger partial charge in [-0.1, -0.05) is 70.9 Å². The summed E-state index contributed by atoms with van der Waals surface area (Å²) in [6, 6.07) is 12.0. The van der Waals surface area contributed by atoms with E-state index < -0.39 is 41.4 Å². The van der Waals surface area contributed by atoms with Crippen molar-refractivity contribution in [3.8, 4) is 0 Å². The molecule has 1 saturated carbocycles. The van der Waals surface area contributed by atoms with Crippen molar-refractivity contribution in [1.82, 2.24) is 15.1 Å². The van der Waals surface area contributed by atoms with Crippen molar-refractivity contribution in [3.05, 3.63) is 59.7 Å². The average Bonchev–Trinajstić information content (AvgIpc) is 3.52. The molecule has 4 rings (SSSR count). The van der Waals surface area contributed by atoms with Gasteiger partial charge in [0.25, 0.3) is 5.91 Å². The van der Waals surface area contributed by atoms with Gasteiger partial charge in [-0.05, 0) is 67.3 Å². The molecule has 1 heterocycles. The Morgan fingerprint density at radius 1 is 0.933 bits per heavy atom. The molecular weight excluding hydrogens is 574 g/mol. The number of carbonyl (C=O) groups excluding carboxylic acids is 4. The zero-order chi connectivity index (χ0) is 32.9. The highest BCUT2D eigenvalue weighted by Crippen LogP contribution is 2.44. The van der Waals surface area contributed by atoms with Crippen LogP contribution in [0.2, 0.25) is 0 Å². The Morgan fingerprint density at radius 2 is 1.58 bits per heavy atom. The van der Waals surface area contributed by atoms with Crippen molar-refractivity contribution >= 4 is 41.2 Å². The maximum Gasteiger partial charge on any atom is 0.328 e. The molecule has 1 aliphatic heterocycles. The number of benzene rings is 2. The summed E-state index contributed by atoms with van der Waals surface area (Å²) in [5, 5.41) is 17.9. The van der Waals surface area contributed by atoms with Crippen LogP contribution >= 0.6 is 0 Å². The zero-order valence-electron chi connectivity index (χ0n) is 26.8. The first kappa shape index (κ1) is 33.5. The molecule has 1 saturated heterocycles. The summed E-state index contributed by atoms with van der Waals surface area (Å²) in [6.07, 6.45) is 2.80. The first-order valence-electron chi connectivity index (χ1n) is 15.7. The topological polar surface area (TPSA) is 148 Å². The van der Waals surface area contributed by atoms with Gasteiger partial charge in [-0.2, -0.15) is 0 Å². The minimum absolute atomic E-state index is 0.142. The SMILES string of the molecule is Cc1ccccc1NC(=O)Nc1ccc(CN2C(=O)N([C@H](C(=O)N[C@@H](CC(=O)O)CC(C)C)C(C)C)C(=O)C23CCCC3)cc1. The Balaban J connectivity index is 1.52. The fourth-order valence-electron chi connectivity index (χ4n) is 6.50. The number of carbonyl (C=O) groups is 5. The van der Waals surface area contributed by atoms with Crippen molar-refractivity contribution in [1.29, 1.82) is 0 Å². The normalized spacial score (nSPS) is 17.2. The third-order valence-electron chi connectivity index (χ3n) is 8.65. The number of amides is 6. The van der Waals surface area contributed by atoms with Crippen LogP contribution in [-0.4, -0.2) is 62.4 Å². The van der Waals surface area contributed by atoms with E-state index in [9.17, 15) is 29.1 Å². The number of rotatable bonds is 12. The van der Waals surface area contributed by atoms with Crippen molar-refractivity contribution < 1.29 is 29.1 Å².